The van der Waals surface area contributed by atoms with Crippen molar-refractivity contribution in [3.05, 3.63) is 68.7 Å². The van der Waals surface area contributed by atoms with Crippen LogP contribution in [-0.2, 0) is 11.3 Å². The van der Waals surface area contributed by atoms with E-state index >= 15 is 0 Å². The first-order valence-electron chi connectivity index (χ1n) is 9.75. The van der Waals surface area contributed by atoms with Gasteiger partial charge in [-0.2, -0.15) is 0 Å². The summed E-state index contributed by atoms with van der Waals surface area (Å²) >= 11 is 6.21. The molecule has 2 aromatic carbocycles. The lowest BCUT2D eigenvalue weighted by Crippen LogP contribution is -2.47. The van der Waals surface area contributed by atoms with Crippen LogP contribution in [0, 0.1) is 10.1 Å². The van der Waals surface area contributed by atoms with Gasteiger partial charge in [-0.3, -0.25) is 19.8 Å². The average Bonchev–Trinajstić information content (AvgIpc) is 2.77. The number of rotatable bonds is 7. The summed E-state index contributed by atoms with van der Waals surface area (Å²) in [5, 5.41) is 11.3. The van der Waals surface area contributed by atoms with Crippen LogP contribution in [0.4, 0.5) is 5.69 Å². The van der Waals surface area contributed by atoms with Crippen LogP contribution in [0.3, 0.4) is 0 Å². The van der Waals surface area contributed by atoms with Crippen molar-refractivity contribution in [2.75, 3.05) is 40.4 Å². The predicted molar refractivity (Wildman–Crippen MR) is 119 cm³/mol. The number of carbonyl (C=O) groups excluding carboxylic acids is 1. The van der Waals surface area contributed by atoms with Crippen LogP contribution < -0.4 is 9.47 Å². The molecule has 0 saturated carbocycles. The highest BCUT2D eigenvalue weighted by molar-refractivity contribution is 6.32. The third kappa shape index (κ3) is 5.74. The Morgan fingerprint density at radius 3 is 2.55 bits per heavy atom. The predicted octanol–water partition coefficient (Wildman–Crippen LogP) is 3.62. The minimum atomic E-state index is -0.391. The number of non-ortho nitro benzene ring substituents is 1. The number of ether oxygens (including phenoxy) is 2. The zero-order chi connectivity index (χ0) is 22.4. The highest BCUT2D eigenvalue weighted by atomic mass is 35.5. The number of benzene rings is 2. The molecule has 164 valence electrons. The van der Waals surface area contributed by atoms with Crippen LogP contribution in [0.15, 0.2) is 42.5 Å². The Morgan fingerprint density at radius 2 is 1.90 bits per heavy atom. The fraction of sp³-hybridized carbons (Fsp3) is 0.318. The topological polar surface area (TPSA) is 85.2 Å². The number of halogens is 1. The van der Waals surface area contributed by atoms with Crippen molar-refractivity contribution in [1.82, 2.24) is 9.80 Å². The third-order valence-electron chi connectivity index (χ3n) is 5.09. The van der Waals surface area contributed by atoms with Crippen LogP contribution in [0.5, 0.6) is 11.5 Å². The van der Waals surface area contributed by atoms with Gasteiger partial charge < -0.3 is 14.4 Å². The summed E-state index contributed by atoms with van der Waals surface area (Å²) in [5.74, 6) is 0.866. The molecule has 0 aliphatic carbocycles. The zero-order valence-corrected chi connectivity index (χ0v) is 18.2. The van der Waals surface area contributed by atoms with E-state index in [1.54, 1.807) is 35.2 Å². The van der Waals surface area contributed by atoms with Crippen LogP contribution >= 0.6 is 11.6 Å². The first-order valence-corrected chi connectivity index (χ1v) is 10.1. The number of nitro groups is 1. The number of nitro benzene ring substituents is 1. The Morgan fingerprint density at radius 1 is 1.16 bits per heavy atom. The van der Waals surface area contributed by atoms with Crippen LogP contribution in [0.2, 0.25) is 5.02 Å². The Kier molecular flexibility index (Phi) is 7.49. The minimum Gasteiger partial charge on any atom is -0.493 e. The zero-order valence-electron chi connectivity index (χ0n) is 17.4. The molecule has 8 nitrogen and oxygen atoms in total. The highest BCUT2D eigenvalue weighted by Gasteiger charge is 2.20. The van der Waals surface area contributed by atoms with Crippen LogP contribution in [0.25, 0.3) is 6.08 Å². The molecule has 0 radical (unpaired) electrons. The molecule has 1 saturated heterocycles. The summed E-state index contributed by atoms with van der Waals surface area (Å²) in [7, 11) is 3.04. The number of hydrogen-bond acceptors (Lipinski definition) is 6. The van der Waals surface area contributed by atoms with Gasteiger partial charge in [-0.25, -0.2) is 0 Å². The lowest BCUT2D eigenvalue weighted by molar-refractivity contribution is -0.384. The number of carbonyl (C=O) groups is 1. The Balaban J connectivity index is 1.56. The number of hydrogen-bond donors (Lipinski definition) is 0. The van der Waals surface area contributed by atoms with Crippen molar-refractivity contribution < 1.29 is 19.2 Å². The molecule has 1 amide bonds. The molecule has 0 spiro atoms. The molecule has 0 N–H and O–H groups in total. The number of nitrogens with zero attached hydrogens (tertiary/aromatic N) is 3. The fourth-order valence-electron chi connectivity index (χ4n) is 3.46. The summed E-state index contributed by atoms with van der Waals surface area (Å²) < 4.78 is 10.5. The largest absolute Gasteiger partial charge is 0.493 e. The number of methoxy groups -OCH3 is 2. The summed E-state index contributed by atoms with van der Waals surface area (Å²) in [6.07, 6.45) is 3.22. The molecule has 1 fully saturated rings. The van der Waals surface area contributed by atoms with Gasteiger partial charge >= 0.3 is 0 Å². The van der Waals surface area contributed by atoms with E-state index in [0.717, 1.165) is 11.1 Å². The summed E-state index contributed by atoms with van der Waals surface area (Å²) in [4.78, 5) is 27.1. The standard InChI is InChI=1S/C22H24ClN3O5/c1-30-20-14-16(13-19(23)22(20)31-2)6-7-21(27)25-10-8-24(9-11-25)15-17-4-3-5-18(12-17)26(28)29/h3-7,12-14H,8-11,15H2,1-2H3/b7-6+. The smallest absolute Gasteiger partial charge is 0.269 e. The molecule has 0 atom stereocenters. The molecule has 9 heteroatoms. The molecule has 0 unspecified atom stereocenters. The van der Waals surface area contributed by atoms with Gasteiger partial charge in [0.25, 0.3) is 5.69 Å². The molecule has 31 heavy (non-hydrogen) atoms. The van der Waals surface area contributed by atoms with Gasteiger partial charge in [0.05, 0.1) is 24.2 Å². The van der Waals surface area contributed by atoms with Crippen LogP contribution in [0.1, 0.15) is 11.1 Å². The SMILES string of the molecule is COc1cc(/C=C/C(=O)N2CCN(Cc3cccc([N+](=O)[O-])c3)CC2)cc(Cl)c1OC. The molecule has 1 heterocycles. The van der Waals surface area contributed by atoms with Gasteiger partial charge in [0, 0.05) is 50.9 Å². The Labute approximate surface area is 185 Å². The van der Waals surface area contributed by atoms with Gasteiger partial charge in [-0.15, -0.1) is 0 Å². The quantitative estimate of drug-likeness (QED) is 0.367. The van der Waals surface area contributed by atoms with E-state index < -0.39 is 4.92 Å². The summed E-state index contributed by atoms with van der Waals surface area (Å²) in [6.45, 7) is 3.19. The molecule has 1 aliphatic heterocycles. The Hall–Kier alpha value is -3.10. The first-order chi connectivity index (χ1) is 14.9. The molecular formula is C22H24ClN3O5. The summed E-state index contributed by atoms with van der Waals surface area (Å²) in [5.41, 5.74) is 1.71. The van der Waals surface area contributed by atoms with Gasteiger partial charge in [0.2, 0.25) is 5.91 Å². The first kappa shape index (κ1) is 22.6. The van der Waals surface area contributed by atoms with E-state index in [2.05, 4.69) is 4.90 Å². The Bertz CT molecular complexity index is 987. The summed E-state index contributed by atoms with van der Waals surface area (Å²) in [6, 6.07) is 10.1. The molecule has 0 bridgehead atoms. The molecule has 0 aromatic heterocycles. The van der Waals surface area contributed by atoms with E-state index in [1.165, 1.54) is 26.4 Å². The van der Waals surface area contributed by atoms with Gasteiger partial charge in [-0.05, 0) is 29.3 Å². The van der Waals surface area contributed by atoms with Crippen molar-refractivity contribution in [2.24, 2.45) is 0 Å². The second kappa shape index (κ2) is 10.3. The maximum Gasteiger partial charge on any atom is 0.269 e. The van der Waals surface area contributed by atoms with Gasteiger partial charge in [0.15, 0.2) is 11.5 Å². The van der Waals surface area contributed by atoms with Crippen molar-refractivity contribution in [1.29, 1.82) is 0 Å². The van der Waals surface area contributed by atoms with Gasteiger partial charge in [0.1, 0.15) is 0 Å². The van der Waals surface area contributed by atoms with E-state index in [4.69, 9.17) is 21.1 Å². The monoisotopic (exact) mass is 445 g/mol. The highest BCUT2D eigenvalue weighted by Crippen LogP contribution is 2.36. The average molecular weight is 446 g/mol. The maximum atomic E-state index is 12.6. The van der Waals surface area contributed by atoms with E-state index in [-0.39, 0.29) is 11.6 Å². The molecule has 3 rings (SSSR count). The van der Waals surface area contributed by atoms with Crippen molar-refractivity contribution in [3.8, 4) is 11.5 Å². The lowest BCUT2D eigenvalue weighted by atomic mass is 10.1. The van der Waals surface area contributed by atoms with Crippen LogP contribution in [-0.4, -0.2) is 61.0 Å². The fourth-order valence-corrected chi connectivity index (χ4v) is 3.76. The second-order valence-corrected chi connectivity index (χ2v) is 7.51. The number of piperazine rings is 1. The molecule has 2 aromatic rings. The van der Waals surface area contributed by atoms with Gasteiger partial charge in [-0.1, -0.05) is 23.7 Å². The normalized spacial score (nSPS) is 14.6. The maximum absolute atomic E-state index is 12.6. The third-order valence-corrected chi connectivity index (χ3v) is 5.37. The molecule has 1 aliphatic rings. The van der Waals surface area contributed by atoms with E-state index in [1.807, 2.05) is 6.07 Å². The van der Waals surface area contributed by atoms with Crippen molar-refractivity contribution in [3.63, 3.8) is 0 Å². The number of amides is 1. The minimum absolute atomic E-state index is 0.0825. The van der Waals surface area contributed by atoms with Crippen molar-refractivity contribution >= 4 is 29.3 Å². The van der Waals surface area contributed by atoms with E-state index in [0.29, 0.717) is 49.2 Å². The molecular weight excluding hydrogens is 422 g/mol. The lowest BCUT2D eigenvalue weighted by Gasteiger charge is -2.34. The van der Waals surface area contributed by atoms with Crippen molar-refractivity contribution in [2.45, 2.75) is 6.54 Å². The van der Waals surface area contributed by atoms with E-state index in [9.17, 15) is 14.9 Å². The second-order valence-electron chi connectivity index (χ2n) is 7.10.